The van der Waals surface area contributed by atoms with Crippen molar-refractivity contribution in [3.8, 4) is 11.5 Å². The molecule has 0 saturated carbocycles. The summed E-state index contributed by atoms with van der Waals surface area (Å²) < 4.78 is 10.6. The summed E-state index contributed by atoms with van der Waals surface area (Å²) in [7, 11) is 3.28. The average Bonchev–Trinajstić information content (AvgIpc) is 2.50. The molecule has 0 radical (unpaired) electrons. The Kier molecular flexibility index (Phi) is 5.80. The van der Waals surface area contributed by atoms with Crippen LogP contribution >= 0.6 is 39.1 Å². The summed E-state index contributed by atoms with van der Waals surface area (Å²) in [5, 5.41) is 1.13. The topological polar surface area (TPSA) is 18.5 Å². The maximum Gasteiger partial charge on any atom is 0.126 e. The van der Waals surface area contributed by atoms with Gasteiger partial charge in [-0.25, -0.2) is 0 Å². The van der Waals surface area contributed by atoms with Crippen molar-refractivity contribution in [1.82, 2.24) is 0 Å². The first kappa shape index (κ1) is 16.5. The number of rotatable bonds is 5. The Morgan fingerprint density at radius 2 is 1.76 bits per heavy atom. The molecule has 2 nitrogen and oxygen atoms in total. The van der Waals surface area contributed by atoms with Crippen LogP contribution in [0.2, 0.25) is 10.0 Å². The number of methoxy groups -OCH3 is 2. The molecule has 0 spiro atoms. The van der Waals surface area contributed by atoms with Crippen molar-refractivity contribution >= 4 is 39.1 Å². The first-order valence-corrected chi connectivity index (χ1v) is 8.02. The van der Waals surface area contributed by atoms with E-state index in [1.54, 1.807) is 14.2 Å². The minimum atomic E-state index is 0.107. The lowest BCUT2D eigenvalue weighted by Crippen LogP contribution is -1.99. The number of hydrogen-bond acceptors (Lipinski definition) is 2. The lowest BCUT2D eigenvalue weighted by Gasteiger charge is -2.15. The van der Waals surface area contributed by atoms with E-state index in [9.17, 15) is 0 Å². The minimum Gasteiger partial charge on any atom is -0.497 e. The molecule has 0 aromatic heterocycles. The average molecular weight is 390 g/mol. The molecule has 2 rings (SSSR count). The molecule has 0 fully saturated rings. The molecule has 2 aromatic rings. The fourth-order valence-electron chi connectivity index (χ4n) is 2.06. The van der Waals surface area contributed by atoms with Gasteiger partial charge >= 0.3 is 0 Å². The zero-order chi connectivity index (χ0) is 15.4. The molecule has 1 atom stereocenters. The Hall–Kier alpha value is -0.900. The van der Waals surface area contributed by atoms with Crippen LogP contribution in [0.5, 0.6) is 11.5 Å². The summed E-state index contributed by atoms with van der Waals surface area (Å²) >= 11 is 15.7. The van der Waals surface area contributed by atoms with Gasteiger partial charge in [0.15, 0.2) is 0 Å². The molecule has 0 aliphatic heterocycles. The van der Waals surface area contributed by atoms with Crippen LogP contribution in [0.4, 0.5) is 0 Å². The maximum atomic E-state index is 6.05. The van der Waals surface area contributed by atoms with Crippen molar-refractivity contribution in [2.75, 3.05) is 14.2 Å². The number of halogens is 3. The summed E-state index contributed by atoms with van der Waals surface area (Å²) in [6, 6.07) is 11.4. The van der Waals surface area contributed by atoms with Gasteiger partial charge in [0, 0.05) is 16.5 Å². The van der Waals surface area contributed by atoms with Crippen molar-refractivity contribution < 1.29 is 9.47 Å². The van der Waals surface area contributed by atoms with Gasteiger partial charge in [0.25, 0.3) is 0 Å². The highest BCUT2D eigenvalue weighted by molar-refractivity contribution is 9.09. The van der Waals surface area contributed by atoms with Crippen LogP contribution in [0.15, 0.2) is 36.4 Å². The second kappa shape index (κ2) is 7.39. The lowest BCUT2D eigenvalue weighted by atomic mass is 10.0. The van der Waals surface area contributed by atoms with E-state index in [1.807, 2.05) is 36.4 Å². The SMILES string of the molecule is COc1ccc(C(Br)Cc2ccc(Cl)c(Cl)c2)c(OC)c1. The van der Waals surface area contributed by atoms with Crippen molar-refractivity contribution in [1.29, 1.82) is 0 Å². The van der Waals surface area contributed by atoms with E-state index in [0.29, 0.717) is 10.0 Å². The van der Waals surface area contributed by atoms with E-state index in [-0.39, 0.29) is 4.83 Å². The Bertz CT molecular complexity index is 632. The molecular formula is C16H15BrCl2O2. The van der Waals surface area contributed by atoms with Gasteiger partial charge in [0.1, 0.15) is 11.5 Å². The normalized spacial score (nSPS) is 12.0. The highest BCUT2D eigenvalue weighted by Crippen LogP contribution is 2.36. The molecule has 112 valence electrons. The second-order valence-electron chi connectivity index (χ2n) is 4.53. The third kappa shape index (κ3) is 4.06. The van der Waals surface area contributed by atoms with Crippen LogP contribution < -0.4 is 9.47 Å². The number of ether oxygens (including phenoxy) is 2. The summed E-state index contributed by atoms with van der Waals surface area (Å²) in [6.45, 7) is 0. The molecule has 0 bridgehead atoms. The fraction of sp³-hybridized carbons (Fsp3) is 0.250. The first-order chi connectivity index (χ1) is 10.0. The largest absolute Gasteiger partial charge is 0.497 e. The van der Waals surface area contributed by atoms with E-state index in [0.717, 1.165) is 29.0 Å². The van der Waals surface area contributed by atoms with Gasteiger partial charge in [0.2, 0.25) is 0 Å². The fourth-order valence-corrected chi connectivity index (χ4v) is 3.13. The lowest BCUT2D eigenvalue weighted by molar-refractivity contribution is 0.391. The van der Waals surface area contributed by atoms with Crippen LogP contribution in [0.25, 0.3) is 0 Å². The zero-order valence-corrected chi connectivity index (χ0v) is 14.8. The van der Waals surface area contributed by atoms with Crippen LogP contribution in [-0.4, -0.2) is 14.2 Å². The quantitative estimate of drug-likeness (QED) is 0.611. The zero-order valence-electron chi connectivity index (χ0n) is 11.7. The van der Waals surface area contributed by atoms with Crippen molar-refractivity contribution in [3.05, 3.63) is 57.6 Å². The van der Waals surface area contributed by atoms with Gasteiger partial charge in [-0.05, 0) is 30.2 Å². The van der Waals surface area contributed by atoms with Crippen LogP contribution in [0.1, 0.15) is 16.0 Å². The minimum absolute atomic E-state index is 0.107. The van der Waals surface area contributed by atoms with E-state index in [1.165, 1.54) is 0 Å². The Morgan fingerprint density at radius 3 is 2.38 bits per heavy atom. The number of hydrogen-bond donors (Lipinski definition) is 0. The van der Waals surface area contributed by atoms with E-state index < -0.39 is 0 Å². The van der Waals surface area contributed by atoms with Gasteiger partial charge in [0.05, 0.1) is 24.3 Å². The third-order valence-electron chi connectivity index (χ3n) is 3.18. The molecule has 0 heterocycles. The monoisotopic (exact) mass is 388 g/mol. The molecule has 21 heavy (non-hydrogen) atoms. The molecular weight excluding hydrogens is 375 g/mol. The van der Waals surface area contributed by atoms with Crippen molar-refractivity contribution in [2.24, 2.45) is 0 Å². The first-order valence-electron chi connectivity index (χ1n) is 6.35. The standard InChI is InChI=1S/C16H15BrCl2O2/c1-20-11-4-5-12(16(9-11)21-2)13(17)7-10-3-6-14(18)15(19)8-10/h3-6,8-9,13H,7H2,1-2H3. The van der Waals surface area contributed by atoms with Crippen LogP contribution in [-0.2, 0) is 6.42 Å². The Balaban J connectivity index is 2.23. The molecule has 0 N–H and O–H groups in total. The highest BCUT2D eigenvalue weighted by atomic mass is 79.9. The smallest absolute Gasteiger partial charge is 0.126 e. The number of alkyl halides is 1. The molecule has 0 saturated heterocycles. The maximum absolute atomic E-state index is 6.05. The molecule has 5 heteroatoms. The predicted octanol–water partition coefficient (Wildman–Crippen LogP) is 5.69. The third-order valence-corrected chi connectivity index (χ3v) is 4.73. The number of benzene rings is 2. The van der Waals surface area contributed by atoms with Gasteiger partial charge < -0.3 is 9.47 Å². The molecule has 2 aromatic carbocycles. The summed E-state index contributed by atoms with van der Waals surface area (Å²) in [4.78, 5) is 0.107. The summed E-state index contributed by atoms with van der Waals surface area (Å²) in [5.41, 5.74) is 2.16. The van der Waals surface area contributed by atoms with E-state index >= 15 is 0 Å². The van der Waals surface area contributed by atoms with Gasteiger partial charge in [-0.1, -0.05) is 51.3 Å². The van der Waals surface area contributed by atoms with Crippen molar-refractivity contribution in [3.63, 3.8) is 0 Å². The molecule has 1 unspecified atom stereocenters. The Labute approximate surface area is 143 Å². The second-order valence-corrected chi connectivity index (χ2v) is 6.45. The van der Waals surface area contributed by atoms with Crippen molar-refractivity contribution in [2.45, 2.75) is 11.2 Å². The Morgan fingerprint density at radius 1 is 1.00 bits per heavy atom. The van der Waals surface area contributed by atoms with Gasteiger partial charge in [-0.2, -0.15) is 0 Å². The summed E-state index contributed by atoms with van der Waals surface area (Å²) in [6.07, 6.45) is 0.777. The van der Waals surface area contributed by atoms with E-state index in [4.69, 9.17) is 32.7 Å². The van der Waals surface area contributed by atoms with Crippen LogP contribution in [0.3, 0.4) is 0 Å². The molecule has 0 aliphatic carbocycles. The predicted molar refractivity (Wildman–Crippen MR) is 91.4 cm³/mol. The summed E-state index contributed by atoms with van der Waals surface area (Å²) in [5.74, 6) is 1.56. The highest BCUT2D eigenvalue weighted by Gasteiger charge is 2.15. The van der Waals surface area contributed by atoms with Gasteiger partial charge in [-0.3, -0.25) is 0 Å². The van der Waals surface area contributed by atoms with E-state index in [2.05, 4.69) is 15.9 Å². The molecule has 0 aliphatic rings. The van der Waals surface area contributed by atoms with Gasteiger partial charge in [-0.15, -0.1) is 0 Å². The van der Waals surface area contributed by atoms with Crippen LogP contribution in [0, 0.1) is 0 Å². The molecule has 0 amide bonds.